The summed E-state index contributed by atoms with van der Waals surface area (Å²) in [7, 11) is 2.95. The number of aromatic hydroxyl groups is 1. The van der Waals surface area contributed by atoms with Gasteiger partial charge in [-0.2, -0.15) is 0 Å². The number of fused-ring (bicyclic) bond motifs is 1. The highest BCUT2D eigenvalue weighted by Crippen LogP contribution is 2.39. The average Bonchev–Trinajstić information content (AvgIpc) is 3.00. The molecule has 0 aliphatic rings. The van der Waals surface area contributed by atoms with Gasteiger partial charge in [-0.25, -0.2) is 4.79 Å². The van der Waals surface area contributed by atoms with E-state index in [0.717, 1.165) is 0 Å². The van der Waals surface area contributed by atoms with Crippen LogP contribution in [-0.2, 0) is 0 Å². The van der Waals surface area contributed by atoms with Crippen LogP contribution < -0.4 is 15.1 Å². The van der Waals surface area contributed by atoms with Crippen molar-refractivity contribution < 1.29 is 23.4 Å². The van der Waals surface area contributed by atoms with Crippen molar-refractivity contribution in [1.82, 2.24) is 0 Å². The third kappa shape index (κ3) is 2.01. The molecule has 3 aromatic rings. The molecule has 0 saturated carbocycles. The molecule has 0 fully saturated rings. The zero-order valence-corrected chi connectivity index (χ0v) is 11.4. The molecular formula is C15H12O6. The van der Waals surface area contributed by atoms with E-state index in [-0.39, 0.29) is 22.7 Å². The Morgan fingerprint density at radius 2 is 1.86 bits per heavy atom. The van der Waals surface area contributed by atoms with E-state index in [1.165, 1.54) is 26.5 Å². The quantitative estimate of drug-likeness (QED) is 0.746. The minimum atomic E-state index is -0.692. The topological polar surface area (TPSA) is 82.0 Å². The van der Waals surface area contributed by atoms with E-state index in [0.29, 0.717) is 16.9 Å². The molecule has 2 heterocycles. The molecular weight excluding hydrogens is 276 g/mol. The monoisotopic (exact) mass is 288 g/mol. The Kier molecular flexibility index (Phi) is 3.06. The Labute approximate surface area is 119 Å². The second-order valence-electron chi connectivity index (χ2n) is 4.29. The second kappa shape index (κ2) is 4.90. The number of methoxy groups -OCH3 is 2. The fourth-order valence-corrected chi connectivity index (χ4v) is 2.15. The molecule has 0 aliphatic heterocycles. The third-order valence-corrected chi connectivity index (χ3v) is 3.15. The zero-order valence-electron chi connectivity index (χ0n) is 11.4. The Morgan fingerprint density at radius 1 is 1.14 bits per heavy atom. The number of hydrogen-bond acceptors (Lipinski definition) is 6. The van der Waals surface area contributed by atoms with Crippen molar-refractivity contribution in [2.24, 2.45) is 0 Å². The Balaban J connectivity index is 2.37. The van der Waals surface area contributed by atoms with E-state index >= 15 is 0 Å². The van der Waals surface area contributed by atoms with E-state index in [4.69, 9.17) is 18.3 Å². The van der Waals surface area contributed by atoms with Crippen LogP contribution in [0.3, 0.4) is 0 Å². The van der Waals surface area contributed by atoms with Crippen LogP contribution in [0.15, 0.2) is 44.2 Å². The van der Waals surface area contributed by atoms with Gasteiger partial charge in [0, 0.05) is 6.07 Å². The van der Waals surface area contributed by atoms with Crippen LogP contribution in [0.4, 0.5) is 0 Å². The van der Waals surface area contributed by atoms with Crippen LogP contribution in [-0.4, -0.2) is 19.3 Å². The number of furan rings is 1. The van der Waals surface area contributed by atoms with Crippen LogP contribution in [0, 0.1) is 0 Å². The first-order valence-corrected chi connectivity index (χ1v) is 6.11. The smallest absolute Gasteiger partial charge is 0.351 e. The van der Waals surface area contributed by atoms with Gasteiger partial charge in [-0.15, -0.1) is 0 Å². The molecule has 21 heavy (non-hydrogen) atoms. The molecule has 0 saturated heterocycles. The summed E-state index contributed by atoms with van der Waals surface area (Å²) in [6.45, 7) is 0. The summed E-state index contributed by atoms with van der Waals surface area (Å²) in [6, 6.07) is 6.21. The number of ether oxygens (including phenoxy) is 2. The van der Waals surface area contributed by atoms with Crippen LogP contribution in [0.5, 0.6) is 17.2 Å². The summed E-state index contributed by atoms with van der Waals surface area (Å²) < 4.78 is 20.7. The van der Waals surface area contributed by atoms with Gasteiger partial charge in [0.25, 0.3) is 0 Å². The van der Waals surface area contributed by atoms with Gasteiger partial charge in [0.1, 0.15) is 22.7 Å². The predicted molar refractivity (Wildman–Crippen MR) is 75.0 cm³/mol. The molecule has 0 radical (unpaired) electrons. The lowest BCUT2D eigenvalue weighted by molar-refractivity contribution is 0.354. The van der Waals surface area contributed by atoms with Gasteiger partial charge in [-0.1, -0.05) is 0 Å². The van der Waals surface area contributed by atoms with Crippen molar-refractivity contribution in [3.63, 3.8) is 0 Å². The fraction of sp³-hybridized carbons (Fsp3) is 0.133. The van der Waals surface area contributed by atoms with Gasteiger partial charge in [-0.05, 0) is 18.2 Å². The van der Waals surface area contributed by atoms with Crippen molar-refractivity contribution in [1.29, 1.82) is 0 Å². The maximum atomic E-state index is 12.0. The van der Waals surface area contributed by atoms with Crippen molar-refractivity contribution in [2.45, 2.75) is 0 Å². The highest BCUT2D eigenvalue weighted by atomic mass is 16.5. The van der Waals surface area contributed by atoms with Crippen molar-refractivity contribution in [3.05, 3.63) is 40.9 Å². The molecule has 0 atom stereocenters. The molecule has 2 aromatic heterocycles. The first-order valence-electron chi connectivity index (χ1n) is 6.11. The van der Waals surface area contributed by atoms with Crippen molar-refractivity contribution in [3.8, 4) is 28.6 Å². The predicted octanol–water partition coefficient (Wildman–Crippen LogP) is 2.78. The molecule has 6 heteroatoms. The zero-order chi connectivity index (χ0) is 15.0. The largest absolute Gasteiger partial charge is 0.506 e. The third-order valence-electron chi connectivity index (χ3n) is 3.15. The molecule has 0 unspecified atom stereocenters. The molecule has 108 valence electrons. The summed E-state index contributed by atoms with van der Waals surface area (Å²) in [6.07, 6.45) is 1.41. The normalized spacial score (nSPS) is 10.8. The summed E-state index contributed by atoms with van der Waals surface area (Å²) in [4.78, 5) is 12.0. The lowest BCUT2D eigenvalue weighted by Gasteiger charge is -2.10. The van der Waals surface area contributed by atoms with Gasteiger partial charge in [0.15, 0.2) is 11.5 Å². The van der Waals surface area contributed by atoms with Crippen LogP contribution in [0.25, 0.3) is 22.3 Å². The second-order valence-corrected chi connectivity index (χ2v) is 4.29. The molecule has 1 N–H and O–H groups in total. The van der Waals surface area contributed by atoms with Crippen LogP contribution in [0.2, 0.25) is 0 Å². The summed E-state index contributed by atoms with van der Waals surface area (Å²) in [5.74, 6) is 0.827. The van der Waals surface area contributed by atoms with Gasteiger partial charge in [-0.3, -0.25) is 0 Å². The summed E-state index contributed by atoms with van der Waals surface area (Å²) in [5.41, 5.74) is -0.521. The molecule has 0 aliphatic carbocycles. The number of rotatable bonds is 3. The first kappa shape index (κ1) is 13.1. The maximum Gasteiger partial charge on any atom is 0.351 e. The Hall–Kier alpha value is -2.89. The Morgan fingerprint density at radius 3 is 2.48 bits per heavy atom. The molecule has 1 aromatic carbocycles. The maximum absolute atomic E-state index is 12.0. The highest BCUT2D eigenvalue weighted by molar-refractivity contribution is 5.91. The SMILES string of the molecule is COc1cc2oc(=O)c(-c3ccco3)c(O)c2cc1OC. The number of hydrogen-bond donors (Lipinski definition) is 1. The Bertz CT molecular complexity index is 845. The minimum absolute atomic E-state index is 0.0280. The molecule has 0 spiro atoms. The standard InChI is InChI=1S/C15H12O6/c1-18-11-6-8-10(7-12(11)19-2)21-15(17)13(14(8)16)9-4-3-5-20-9/h3-7,16H,1-2H3. The van der Waals surface area contributed by atoms with E-state index in [1.807, 2.05) is 0 Å². The summed E-state index contributed by atoms with van der Waals surface area (Å²) >= 11 is 0. The first-order chi connectivity index (χ1) is 10.2. The molecule has 3 rings (SSSR count). The van der Waals surface area contributed by atoms with Crippen LogP contribution in [0.1, 0.15) is 0 Å². The van der Waals surface area contributed by atoms with E-state index in [2.05, 4.69) is 0 Å². The van der Waals surface area contributed by atoms with E-state index < -0.39 is 5.63 Å². The molecule has 6 nitrogen and oxygen atoms in total. The van der Waals surface area contributed by atoms with E-state index in [1.54, 1.807) is 18.2 Å². The highest BCUT2D eigenvalue weighted by Gasteiger charge is 2.20. The van der Waals surface area contributed by atoms with Gasteiger partial charge < -0.3 is 23.4 Å². The molecule has 0 bridgehead atoms. The van der Waals surface area contributed by atoms with Gasteiger partial charge in [0.05, 0.1) is 25.9 Å². The lowest BCUT2D eigenvalue weighted by Crippen LogP contribution is -2.03. The minimum Gasteiger partial charge on any atom is -0.506 e. The average molecular weight is 288 g/mol. The van der Waals surface area contributed by atoms with E-state index in [9.17, 15) is 9.90 Å². The van der Waals surface area contributed by atoms with Gasteiger partial charge in [0.2, 0.25) is 0 Å². The van der Waals surface area contributed by atoms with Crippen molar-refractivity contribution in [2.75, 3.05) is 14.2 Å². The van der Waals surface area contributed by atoms with Crippen molar-refractivity contribution >= 4 is 11.0 Å². The fourth-order valence-electron chi connectivity index (χ4n) is 2.15. The summed E-state index contributed by atoms with van der Waals surface area (Å²) in [5, 5.41) is 10.7. The number of benzene rings is 1. The molecule has 0 amide bonds. The lowest BCUT2D eigenvalue weighted by atomic mass is 10.1. The van der Waals surface area contributed by atoms with Gasteiger partial charge >= 0.3 is 5.63 Å². The van der Waals surface area contributed by atoms with Crippen LogP contribution >= 0.6 is 0 Å².